The molecule has 1 N–H and O–H groups in total. The molecule has 0 unspecified atom stereocenters. The number of piperidine rings is 1. The minimum Gasteiger partial charge on any atom is -0.355 e. The second-order valence-electron chi connectivity index (χ2n) is 5.11. The van der Waals surface area contributed by atoms with Gasteiger partial charge in [-0.15, -0.1) is 11.3 Å². The lowest BCUT2D eigenvalue weighted by Crippen LogP contribution is -2.41. The third-order valence-corrected chi connectivity index (χ3v) is 4.35. The zero-order chi connectivity index (χ0) is 14.7. The van der Waals surface area contributed by atoms with Crippen LogP contribution in [0.2, 0.25) is 0 Å². The molecule has 6 nitrogen and oxygen atoms in total. The van der Waals surface area contributed by atoms with Gasteiger partial charge in [-0.05, 0) is 19.8 Å². The quantitative estimate of drug-likeness (QED) is 0.940. The van der Waals surface area contributed by atoms with E-state index in [0.717, 1.165) is 30.1 Å². The first-order chi connectivity index (χ1) is 10.2. The summed E-state index contributed by atoms with van der Waals surface area (Å²) < 4.78 is 0. The van der Waals surface area contributed by atoms with E-state index in [0.29, 0.717) is 11.7 Å². The highest BCUT2D eigenvalue weighted by Crippen LogP contribution is 2.23. The van der Waals surface area contributed by atoms with Crippen molar-refractivity contribution in [1.82, 2.24) is 15.0 Å². The Morgan fingerprint density at radius 1 is 1.38 bits per heavy atom. The summed E-state index contributed by atoms with van der Waals surface area (Å²) in [4.78, 5) is 28.1. The smallest absolute Gasteiger partial charge is 0.231 e. The average molecular weight is 303 g/mol. The maximum atomic E-state index is 12.3. The van der Waals surface area contributed by atoms with Crippen LogP contribution in [-0.4, -0.2) is 33.9 Å². The van der Waals surface area contributed by atoms with Crippen molar-refractivity contribution in [2.24, 2.45) is 5.92 Å². The van der Waals surface area contributed by atoms with Crippen LogP contribution in [0.1, 0.15) is 17.7 Å². The first-order valence-electron chi connectivity index (χ1n) is 6.96. The minimum atomic E-state index is -0.0371. The SMILES string of the molecule is Cc1cnc(NC(=O)[C@@H]2CCCN(c3cnccn3)C2)s1. The third kappa shape index (κ3) is 3.36. The topological polar surface area (TPSA) is 71.0 Å². The highest BCUT2D eigenvalue weighted by Gasteiger charge is 2.27. The lowest BCUT2D eigenvalue weighted by Gasteiger charge is -2.32. The number of nitrogens with zero attached hydrogens (tertiary/aromatic N) is 4. The van der Waals surface area contributed by atoms with E-state index in [-0.39, 0.29) is 11.8 Å². The Balaban J connectivity index is 1.64. The molecule has 21 heavy (non-hydrogen) atoms. The summed E-state index contributed by atoms with van der Waals surface area (Å²) in [6, 6.07) is 0. The van der Waals surface area contributed by atoms with Gasteiger partial charge in [0.05, 0.1) is 12.1 Å². The van der Waals surface area contributed by atoms with E-state index in [4.69, 9.17) is 0 Å². The number of carbonyl (C=O) groups excluding carboxylic acids is 1. The second kappa shape index (κ2) is 6.17. The molecule has 1 amide bonds. The maximum absolute atomic E-state index is 12.3. The van der Waals surface area contributed by atoms with Gasteiger partial charge < -0.3 is 10.2 Å². The van der Waals surface area contributed by atoms with Crippen molar-refractivity contribution in [2.45, 2.75) is 19.8 Å². The molecule has 7 heteroatoms. The van der Waals surface area contributed by atoms with E-state index in [1.54, 1.807) is 24.8 Å². The normalized spacial score (nSPS) is 18.5. The zero-order valence-corrected chi connectivity index (χ0v) is 12.6. The van der Waals surface area contributed by atoms with Gasteiger partial charge in [-0.3, -0.25) is 9.78 Å². The van der Waals surface area contributed by atoms with E-state index in [1.807, 2.05) is 6.92 Å². The van der Waals surface area contributed by atoms with Gasteiger partial charge in [0.2, 0.25) is 5.91 Å². The van der Waals surface area contributed by atoms with E-state index >= 15 is 0 Å². The second-order valence-corrected chi connectivity index (χ2v) is 6.35. The van der Waals surface area contributed by atoms with Crippen molar-refractivity contribution in [1.29, 1.82) is 0 Å². The number of aromatic nitrogens is 3. The average Bonchev–Trinajstić information content (AvgIpc) is 2.93. The molecule has 2 aromatic heterocycles. The van der Waals surface area contributed by atoms with Gasteiger partial charge in [0, 0.05) is 36.6 Å². The number of hydrogen-bond donors (Lipinski definition) is 1. The van der Waals surface area contributed by atoms with Gasteiger partial charge in [-0.2, -0.15) is 0 Å². The van der Waals surface area contributed by atoms with Crippen LogP contribution in [0.3, 0.4) is 0 Å². The molecule has 1 fully saturated rings. The molecule has 3 heterocycles. The number of carbonyl (C=O) groups is 1. The van der Waals surface area contributed by atoms with Crippen molar-refractivity contribution < 1.29 is 4.79 Å². The summed E-state index contributed by atoms with van der Waals surface area (Å²) in [6.45, 7) is 3.57. The number of anilines is 2. The molecule has 3 rings (SSSR count). The Bertz CT molecular complexity index is 615. The molecule has 1 aliphatic heterocycles. The zero-order valence-electron chi connectivity index (χ0n) is 11.8. The van der Waals surface area contributed by atoms with Crippen LogP contribution in [0.5, 0.6) is 0 Å². The van der Waals surface area contributed by atoms with E-state index in [2.05, 4.69) is 25.2 Å². The van der Waals surface area contributed by atoms with Crippen LogP contribution in [0.4, 0.5) is 10.9 Å². The highest BCUT2D eigenvalue weighted by atomic mass is 32.1. The largest absolute Gasteiger partial charge is 0.355 e. The van der Waals surface area contributed by atoms with Crippen molar-refractivity contribution >= 4 is 28.2 Å². The molecule has 1 atom stereocenters. The lowest BCUT2D eigenvalue weighted by molar-refractivity contribution is -0.120. The molecule has 0 saturated carbocycles. The minimum absolute atomic E-state index is 0.0371. The van der Waals surface area contributed by atoms with Crippen molar-refractivity contribution in [3.05, 3.63) is 29.7 Å². The van der Waals surface area contributed by atoms with Crippen LogP contribution in [0, 0.1) is 12.8 Å². The molecule has 2 aromatic rings. The van der Waals surface area contributed by atoms with Gasteiger partial charge in [-0.25, -0.2) is 9.97 Å². The summed E-state index contributed by atoms with van der Waals surface area (Å²) in [5, 5.41) is 3.59. The van der Waals surface area contributed by atoms with Crippen molar-refractivity contribution in [3.63, 3.8) is 0 Å². The summed E-state index contributed by atoms with van der Waals surface area (Å²) in [5.41, 5.74) is 0. The fourth-order valence-electron chi connectivity index (χ4n) is 2.47. The molecular formula is C14H17N5OS. The van der Waals surface area contributed by atoms with E-state index in [1.165, 1.54) is 11.3 Å². The van der Waals surface area contributed by atoms with Gasteiger partial charge >= 0.3 is 0 Å². The Morgan fingerprint density at radius 3 is 3.00 bits per heavy atom. The monoisotopic (exact) mass is 303 g/mol. The van der Waals surface area contributed by atoms with Crippen molar-refractivity contribution in [2.75, 3.05) is 23.3 Å². The van der Waals surface area contributed by atoms with Crippen LogP contribution in [-0.2, 0) is 4.79 Å². The number of aryl methyl sites for hydroxylation is 1. The summed E-state index contributed by atoms with van der Waals surface area (Å²) in [6.07, 6.45) is 8.72. The first-order valence-corrected chi connectivity index (χ1v) is 7.78. The molecule has 1 saturated heterocycles. The number of rotatable bonds is 3. The number of nitrogens with one attached hydrogen (secondary N) is 1. The molecule has 0 spiro atoms. The van der Waals surface area contributed by atoms with Gasteiger partial charge in [-0.1, -0.05) is 0 Å². The molecular weight excluding hydrogens is 286 g/mol. The Labute approximate surface area is 127 Å². The molecule has 0 aromatic carbocycles. The summed E-state index contributed by atoms with van der Waals surface area (Å²) in [7, 11) is 0. The predicted octanol–water partition coefficient (Wildman–Crippen LogP) is 2.10. The van der Waals surface area contributed by atoms with Crippen molar-refractivity contribution in [3.8, 4) is 0 Å². The van der Waals surface area contributed by atoms with E-state index in [9.17, 15) is 4.79 Å². The van der Waals surface area contributed by atoms with Crippen LogP contribution in [0.25, 0.3) is 0 Å². The third-order valence-electron chi connectivity index (χ3n) is 3.52. The van der Waals surface area contributed by atoms with Gasteiger partial charge in [0.1, 0.15) is 5.82 Å². The van der Waals surface area contributed by atoms with E-state index < -0.39 is 0 Å². The van der Waals surface area contributed by atoms with Crippen LogP contribution < -0.4 is 10.2 Å². The summed E-state index contributed by atoms with van der Waals surface area (Å²) >= 11 is 1.50. The fraction of sp³-hybridized carbons (Fsp3) is 0.429. The van der Waals surface area contributed by atoms with Crippen LogP contribution in [0.15, 0.2) is 24.8 Å². The molecule has 0 bridgehead atoms. The van der Waals surface area contributed by atoms with Gasteiger partial charge in [0.25, 0.3) is 0 Å². The summed E-state index contributed by atoms with van der Waals surface area (Å²) in [5.74, 6) is 0.836. The molecule has 0 radical (unpaired) electrons. The molecule has 1 aliphatic rings. The highest BCUT2D eigenvalue weighted by molar-refractivity contribution is 7.15. The fourth-order valence-corrected chi connectivity index (χ4v) is 3.14. The Kier molecular flexibility index (Phi) is 4.10. The van der Waals surface area contributed by atoms with Gasteiger partial charge in [0.15, 0.2) is 5.13 Å². The van der Waals surface area contributed by atoms with Crippen LogP contribution >= 0.6 is 11.3 Å². The Morgan fingerprint density at radius 2 is 2.29 bits per heavy atom. The standard InChI is InChI=1S/C14H17N5OS/c1-10-7-17-14(21-10)18-13(20)11-3-2-6-19(9-11)12-8-15-4-5-16-12/h4-5,7-8,11H,2-3,6,9H2,1H3,(H,17,18,20)/t11-/m1/s1. The first kappa shape index (κ1) is 13.9. The lowest BCUT2D eigenvalue weighted by atomic mass is 9.97. The number of amides is 1. The maximum Gasteiger partial charge on any atom is 0.231 e. The molecule has 0 aliphatic carbocycles. The predicted molar refractivity (Wildman–Crippen MR) is 82.4 cm³/mol. The Hall–Kier alpha value is -2.02. The number of thiazole rings is 1. The molecule has 110 valence electrons. The number of hydrogen-bond acceptors (Lipinski definition) is 6.